The Morgan fingerprint density at radius 3 is 2.71 bits per heavy atom. The molecule has 2 amide bonds. The third kappa shape index (κ3) is 3.25. The number of hydrogen-bond donors (Lipinski definition) is 2. The van der Waals surface area contributed by atoms with Crippen LogP contribution in [0.5, 0.6) is 0 Å². The zero-order chi connectivity index (χ0) is 23.9. The molecule has 0 radical (unpaired) electrons. The van der Waals surface area contributed by atoms with Crippen LogP contribution in [0.25, 0.3) is 11.3 Å². The fourth-order valence-corrected chi connectivity index (χ4v) is 6.04. The highest BCUT2D eigenvalue weighted by molar-refractivity contribution is 5.75. The van der Waals surface area contributed by atoms with Crippen molar-refractivity contribution < 1.29 is 27.1 Å². The molecule has 3 N–H and O–H groups in total. The molecule has 3 saturated carbocycles. The Bertz CT molecular complexity index is 1160. The van der Waals surface area contributed by atoms with Crippen molar-refractivity contribution in [1.29, 1.82) is 0 Å². The van der Waals surface area contributed by atoms with Gasteiger partial charge < -0.3 is 20.7 Å². The fourth-order valence-electron chi connectivity index (χ4n) is 6.04. The third-order valence-electron chi connectivity index (χ3n) is 7.66. The van der Waals surface area contributed by atoms with Crippen molar-refractivity contribution >= 4 is 11.8 Å². The number of urea groups is 1. The van der Waals surface area contributed by atoms with Crippen LogP contribution < -0.4 is 11.1 Å². The number of carbonyl (C=O) groups is 1. The average Bonchev–Trinajstić information content (AvgIpc) is 3.35. The number of amides is 2. The molecule has 1 spiro atoms. The van der Waals surface area contributed by atoms with Gasteiger partial charge in [0.05, 0.1) is 36.6 Å². The van der Waals surface area contributed by atoms with Crippen LogP contribution in [0.3, 0.4) is 0 Å². The smallest absolute Gasteiger partial charge is 0.383 e. The Morgan fingerprint density at radius 1 is 1.24 bits per heavy atom. The summed E-state index contributed by atoms with van der Waals surface area (Å²) in [5, 5.41) is 7.44. The molecule has 1 atom stereocenters. The van der Waals surface area contributed by atoms with Gasteiger partial charge >= 0.3 is 12.2 Å². The molecule has 7 rings (SSSR count). The Morgan fingerprint density at radius 2 is 2.00 bits per heavy atom. The largest absolute Gasteiger partial charge is 0.419 e. The van der Waals surface area contributed by atoms with Gasteiger partial charge in [-0.3, -0.25) is 4.68 Å². The van der Waals surface area contributed by atoms with E-state index in [0.29, 0.717) is 69.9 Å². The first kappa shape index (κ1) is 21.6. The lowest BCUT2D eigenvalue weighted by Crippen LogP contribution is -2.68. The maximum absolute atomic E-state index is 13.7. The quantitative estimate of drug-likeness (QED) is 0.658. The number of aromatic nitrogens is 3. The van der Waals surface area contributed by atoms with Gasteiger partial charge in [-0.05, 0) is 36.8 Å². The molecule has 1 saturated heterocycles. The SMILES string of the molecule is Nc1ncc(-c2cc3n(n2)CCOC32CCN(C(=O)NCC34CC(F)(C3)C4)C2)cc1C(F)(F)F. The minimum Gasteiger partial charge on any atom is -0.383 e. The van der Waals surface area contributed by atoms with Gasteiger partial charge in [0.1, 0.15) is 17.1 Å². The maximum Gasteiger partial charge on any atom is 0.419 e. The van der Waals surface area contributed by atoms with E-state index in [-0.39, 0.29) is 17.0 Å². The summed E-state index contributed by atoms with van der Waals surface area (Å²) < 4.78 is 61.5. The van der Waals surface area contributed by atoms with Crippen molar-refractivity contribution in [2.75, 3.05) is 32.0 Å². The second-order valence-corrected chi connectivity index (χ2v) is 10.1. The van der Waals surface area contributed by atoms with Gasteiger partial charge in [0, 0.05) is 31.3 Å². The molecule has 3 aliphatic carbocycles. The molecular formula is C22H24F4N6O2. The predicted molar refractivity (Wildman–Crippen MR) is 112 cm³/mol. The third-order valence-corrected chi connectivity index (χ3v) is 7.66. The normalized spacial score (nSPS) is 31.7. The van der Waals surface area contributed by atoms with Crippen molar-refractivity contribution in [3.05, 3.63) is 29.6 Å². The number of pyridine rings is 1. The highest BCUT2D eigenvalue weighted by Crippen LogP contribution is 2.69. The molecule has 12 heteroatoms. The summed E-state index contributed by atoms with van der Waals surface area (Å²) in [4.78, 5) is 18.2. The lowest BCUT2D eigenvalue weighted by Gasteiger charge is -2.66. The number of rotatable bonds is 3. The first-order chi connectivity index (χ1) is 16.0. The van der Waals surface area contributed by atoms with E-state index in [0.717, 1.165) is 6.07 Å². The number of halogens is 4. The van der Waals surface area contributed by atoms with Gasteiger partial charge in [-0.15, -0.1) is 0 Å². The molecule has 1 unspecified atom stereocenters. The van der Waals surface area contributed by atoms with E-state index in [1.807, 2.05) is 0 Å². The second kappa shape index (κ2) is 6.83. The number of nitrogens with one attached hydrogen (secondary N) is 1. The summed E-state index contributed by atoms with van der Waals surface area (Å²) in [5.41, 5.74) is 3.80. The van der Waals surface area contributed by atoms with E-state index < -0.39 is 28.8 Å². The number of nitrogens with zero attached hydrogens (tertiary/aromatic N) is 4. The summed E-state index contributed by atoms with van der Waals surface area (Å²) in [5.74, 6) is -0.585. The van der Waals surface area contributed by atoms with Crippen LogP contribution in [0.2, 0.25) is 0 Å². The molecule has 5 aliphatic rings. The van der Waals surface area contributed by atoms with Crippen LogP contribution in [0, 0.1) is 5.41 Å². The van der Waals surface area contributed by atoms with Crippen LogP contribution >= 0.6 is 0 Å². The Balaban J connectivity index is 1.20. The van der Waals surface area contributed by atoms with Gasteiger partial charge in [0.25, 0.3) is 0 Å². The number of likely N-dealkylation sites (tertiary alicyclic amines) is 1. The fraction of sp³-hybridized carbons (Fsp3) is 0.591. The van der Waals surface area contributed by atoms with Crippen LogP contribution in [-0.2, 0) is 23.1 Å². The molecule has 2 aromatic rings. The summed E-state index contributed by atoms with van der Waals surface area (Å²) in [6, 6.07) is 2.44. The molecule has 2 bridgehead atoms. The van der Waals surface area contributed by atoms with Gasteiger partial charge in [0.15, 0.2) is 0 Å². The van der Waals surface area contributed by atoms with Crippen LogP contribution in [0.4, 0.5) is 28.2 Å². The first-order valence-electron chi connectivity index (χ1n) is 11.3. The number of alkyl halides is 4. The van der Waals surface area contributed by atoms with Crippen molar-refractivity contribution in [2.24, 2.45) is 5.41 Å². The highest BCUT2D eigenvalue weighted by Gasteiger charge is 2.68. The zero-order valence-corrected chi connectivity index (χ0v) is 18.3. The van der Waals surface area contributed by atoms with Gasteiger partial charge in [-0.1, -0.05) is 0 Å². The molecule has 8 nitrogen and oxygen atoms in total. The zero-order valence-electron chi connectivity index (χ0n) is 18.3. The second-order valence-electron chi connectivity index (χ2n) is 10.1. The molecular weight excluding hydrogens is 456 g/mol. The minimum atomic E-state index is -4.62. The number of hydrogen-bond acceptors (Lipinski definition) is 5. The Kier molecular flexibility index (Phi) is 4.35. The van der Waals surface area contributed by atoms with Crippen LogP contribution in [0.1, 0.15) is 36.9 Å². The van der Waals surface area contributed by atoms with Crippen molar-refractivity contribution in [3.8, 4) is 11.3 Å². The van der Waals surface area contributed by atoms with E-state index in [1.54, 1.807) is 15.6 Å². The van der Waals surface area contributed by atoms with Crippen LogP contribution in [-0.4, -0.2) is 57.6 Å². The van der Waals surface area contributed by atoms with E-state index in [9.17, 15) is 22.4 Å². The topological polar surface area (TPSA) is 98.3 Å². The highest BCUT2D eigenvalue weighted by atomic mass is 19.4. The predicted octanol–water partition coefficient (Wildman–Crippen LogP) is 3.08. The summed E-state index contributed by atoms with van der Waals surface area (Å²) in [6.45, 7) is 2.06. The van der Waals surface area contributed by atoms with E-state index in [1.165, 1.54) is 6.20 Å². The first-order valence-corrected chi connectivity index (χ1v) is 11.3. The van der Waals surface area contributed by atoms with E-state index in [4.69, 9.17) is 10.5 Å². The molecule has 4 fully saturated rings. The molecule has 34 heavy (non-hydrogen) atoms. The van der Waals surface area contributed by atoms with Crippen molar-refractivity contribution in [2.45, 2.75) is 49.7 Å². The van der Waals surface area contributed by atoms with E-state index >= 15 is 0 Å². The number of nitrogen functional groups attached to an aromatic ring is 1. The summed E-state index contributed by atoms with van der Waals surface area (Å²) >= 11 is 0. The Hall–Kier alpha value is -2.89. The van der Waals surface area contributed by atoms with Gasteiger partial charge in [-0.25, -0.2) is 14.2 Å². The standard InChI is InChI=1S/C22H24F4N6O2/c23-20-8-19(9-20,10-20)11-29-18(33)31-2-1-21(12-31)16-6-15(30-32(16)3-4-34-21)13-5-14(22(24,25)26)17(27)28-7-13/h5-7H,1-4,8-12H2,(H2,27,28)(H,29,33). The molecule has 4 heterocycles. The number of carbonyl (C=O) groups excluding carboxylic acids is 1. The van der Waals surface area contributed by atoms with E-state index in [2.05, 4.69) is 15.4 Å². The molecule has 2 aliphatic heterocycles. The Labute approximate surface area is 192 Å². The molecule has 2 aromatic heterocycles. The number of fused-ring (bicyclic) bond motifs is 2. The number of anilines is 1. The number of nitrogens with two attached hydrogens (primary N) is 1. The lowest BCUT2D eigenvalue weighted by molar-refractivity contribution is -0.208. The van der Waals surface area contributed by atoms with Crippen molar-refractivity contribution in [3.63, 3.8) is 0 Å². The minimum absolute atomic E-state index is 0.0843. The molecule has 182 valence electrons. The maximum atomic E-state index is 13.7. The van der Waals surface area contributed by atoms with Gasteiger partial charge in [-0.2, -0.15) is 18.3 Å². The average molecular weight is 480 g/mol. The van der Waals surface area contributed by atoms with Gasteiger partial charge in [0.2, 0.25) is 0 Å². The lowest BCUT2D eigenvalue weighted by atomic mass is 9.42. The number of ether oxygens (including phenoxy) is 1. The summed E-state index contributed by atoms with van der Waals surface area (Å²) in [7, 11) is 0. The summed E-state index contributed by atoms with van der Waals surface area (Å²) in [6.07, 6.45) is -1.26. The molecule has 0 aromatic carbocycles. The van der Waals surface area contributed by atoms with Crippen LogP contribution in [0.15, 0.2) is 18.3 Å². The van der Waals surface area contributed by atoms with Crippen molar-refractivity contribution in [1.82, 2.24) is 25.0 Å². The monoisotopic (exact) mass is 480 g/mol.